The van der Waals surface area contributed by atoms with Gasteiger partial charge in [0.05, 0.1) is 6.67 Å². The minimum Gasteiger partial charge on any atom is -0.325 e. The van der Waals surface area contributed by atoms with E-state index in [9.17, 15) is 4.39 Å². The molecule has 0 aliphatic heterocycles. The molecule has 1 aliphatic carbocycles. The Labute approximate surface area is 42.7 Å². The third kappa shape index (κ3) is 1.13. The summed E-state index contributed by atoms with van der Waals surface area (Å²) in [7, 11) is 0. The fraction of sp³-hybridized carbons (Fsp3) is 1.00. The third-order valence-electron chi connectivity index (χ3n) is 1.48. The standard InChI is InChI=1S/C5H10FN/c6-4-3-5(7)1-2-5/h1-4,7H2. The van der Waals surface area contributed by atoms with Gasteiger partial charge >= 0.3 is 0 Å². The molecule has 0 unspecified atom stereocenters. The van der Waals surface area contributed by atoms with Crippen LogP contribution in [0.3, 0.4) is 0 Å². The van der Waals surface area contributed by atoms with Crippen LogP contribution in [0.25, 0.3) is 0 Å². The molecule has 2 N–H and O–H groups in total. The van der Waals surface area contributed by atoms with Crippen molar-refractivity contribution >= 4 is 0 Å². The van der Waals surface area contributed by atoms with Gasteiger partial charge in [0.15, 0.2) is 0 Å². The van der Waals surface area contributed by atoms with Crippen LogP contribution in [0.5, 0.6) is 0 Å². The summed E-state index contributed by atoms with van der Waals surface area (Å²) in [5, 5.41) is 0. The van der Waals surface area contributed by atoms with Crippen LogP contribution in [-0.4, -0.2) is 12.2 Å². The first-order valence-corrected chi connectivity index (χ1v) is 2.62. The van der Waals surface area contributed by atoms with E-state index in [-0.39, 0.29) is 12.2 Å². The minimum atomic E-state index is -0.253. The lowest BCUT2D eigenvalue weighted by molar-refractivity contribution is 0.429. The normalized spacial score (nSPS) is 24.9. The monoisotopic (exact) mass is 103 g/mol. The minimum absolute atomic E-state index is 0.0747. The van der Waals surface area contributed by atoms with Crippen molar-refractivity contribution in [3.8, 4) is 0 Å². The van der Waals surface area contributed by atoms with Crippen molar-refractivity contribution < 1.29 is 4.39 Å². The van der Waals surface area contributed by atoms with E-state index in [1.54, 1.807) is 0 Å². The van der Waals surface area contributed by atoms with Crippen molar-refractivity contribution in [1.82, 2.24) is 0 Å². The molecule has 0 aromatic carbocycles. The third-order valence-corrected chi connectivity index (χ3v) is 1.48. The second-order valence-corrected chi connectivity index (χ2v) is 2.30. The zero-order chi connectivity index (χ0) is 5.33. The van der Waals surface area contributed by atoms with Gasteiger partial charge in [-0.2, -0.15) is 0 Å². The molecule has 0 spiro atoms. The van der Waals surface area contributed by atoms with Gasteiger partial charge in [-0.15, -0.1) is 0 Å². The molecule has 0 aromatic rings. The van der Waals surface area contributed by atoms with Crippen LogP contribution < -0.4 is 5.73 Å². The summed E-state index contributed by atoms with van der Waals surface area (Å²) >= 11 is 0. The molecule has 7 heavy (non-hydrogen) atoms. The lowest BCUT2D eigenvalue weighted by atomic mass is 10.2. The molecule has 1 aliphatic rings. The van der Waals surface area contributed by atoms with E-state index in [1.807, 2.05) is 0 Å². The molecule has 0 aromatic heterocycles. The van der Waals surface area contributed by atoms with Crippen LogP contribution in [0.1, 0.15) is 19.3 Å². The summed E-state index contributed by atoms with van der Waals surface area (Å²) in [6.45, 7) is -0.253. The Balaban J connectivity index is 2.13. The molecular weight excluding hydrogens is 93.1 g/mol. The van der Waals surface area contributed by atoms with Crippen LogP contribution in [-0.2, 0) is 0 Å². The zero-order valence-corrected chi connectivity index (χ0v) is 4.28. The number of alkyl halides is 1. The number of rotatable bonds is 2. The fourth-order valence-electron chi connectivity index (χ4n) is 0.599. The molecular formula is C5H10FN. The smallest absolute Gasteiger partial charge is 0.0911 e. The predicted octanol–water partition coefficient (Wildman–Crippen LogP) is 0.837. The molecule has 0 radical (unpaired) electrons. The first-order chi connectivity index (χ1) is 3.27. The molecule has 2 heteroatoms. The maximum atomic E-state index is 11.4. The van der Waals surface area contributed by atoms with Crippen LogP contribution >= 0.6 is 0 Å². The summed E-state index contributed by atoms with van der Waals surface area (Å²) in [6.07, 6.45) is 2.61. The Bertz CT molecular complexity index is 68.5. The Morgan fingerprint density at radius 3 is 2.29 bits per heavy atom. The fourth-order valence-corrected chi connectivity index (χ4v) is 0.599. The summed E-state index contributed by atoms with van der Waals surface area (Å²) in [5.74, 6) is 0. The van der Waals surface area contributed by atoms with Gasteiger partial charge in [-0.05, 0) is 19.3 Å². The van der Waals surface area contributed by atoms with Crippen molar-refractivity contribution in [2.24, 2.45) is 5.73 Å². The topological polar surface area (TPSA) is 26.0 Å². The first-order valence-electron chi connectivity index (χ1n) is 2.62. The van der Waals surface area contributed by atoms with Crippen LogP contribution in [0, 0.1) is 0 Å². The Morgan fingerprint density at radius 1 is 1.57 bits per heavy atom. The quantitative estimate of drug-likeness (QED) is 0.550. The van der Waals surface area contributed by atoms with Crippen LogP contribution in [0.15, 0.2) is 0 Å². The average molecular weight is 103 g/mol. The van der Waals surface area contributed by atoms with Gasteiger partial charge in [0.2, 0.25) is 0 Å². The number of halogens is 1. The molecule has 0 heterocycles. The Hall–Kier alpha value is -0.110. The van der Waals surface area contributed by atoms with E-state index in [1.165, 1.54) is 0 Å². The van der Waals surface area contributed by atoms with E-state index < -0.39 is 0 Å². The highest BCUT2D eigenvalue weighted by Gasteiger charge is 2.37. The molecule has 0 atom stereocenters. The lowest BCUT2D eigenvalue weighted by Gasteiger charge is -2.00. The highest BCUT2D eigenvalue weighted by molar-refractivity contribution is 4.97. The molecule has 1 saturated carbocycles. The molecule has 1 rings (SSSR count). The largest absolute Gasteiger partial charge is 0.325 e. The van der Waals surface area contributed by atoms with Crippen molar-refractivity contribution in [2.75, 3.05) is 6.67 Å². The summed E-state index contributed by atoms with van der Waals surface area (Å²) in [6, 6.07) is 0. The average Bonchev–Trinajstić information content (AvgIpc) is 2.22. The van der Waals surface area contributed by atoms with Crippen molar-refractivity contribution in [2.45, 2.75) is 24.8 Å². The summed E-state index contributed by atoms with van der Waals surface area (Å²) in [5.41, 5.74) is 5.44. The van der Waals surface area contributed by atoms with E-state index in [0.717, 1.165) is 12.8 Å². The second kappa shape index (κ2) is 1.44. The molecule has 0 saturated heterocycles. The highest BCUT2D eigenvalue weighted by Crippen LogP contribution is 2.35. The van der Waals surface area contributed by atoms with Crippen LogP contribution in [0.2, 0.25) is 0 Å². The Kier molecular flexibility index (Phi) is 1.04. The van der Waals surface area contributed by atoms with Gasteiger partial charge in [-0.1, -0.05) is 0 Å². The summed E-state index contributed by atoms with van der Waals surface area (Å²) in [4.78, 5) is 0. The molecule has 1 fully saturated rings. The van der Waals surface area contributed by atoms with Crippen LogP contribution in [0.4, 0.5) is 4.39 Å². The number of nitrogens with two attached hydrogens (primary N) is 1. The lowest BCUT2D eigenvalue weighted by Crippen LogP contribution is -2.21. The predicted molar refractivity (Wildman–Crippen MR) is 26.7 cm³/mol. The summed E-state index contributed by atoms with van der Waals surface area (Å²) < 4.78 is 11.4. The zero-order valence-electron chi connectivity index (χ0n) is 4.28. The van der Waals surface area contributed by atoms with E-state index >= 15 is 0 Å². The van der Waals surface area contributed by atoms with Gasteiger partial charge in [0.25, 0.3) is 0 Å². The van der Waals surface area contributed by atoms with Crippen molar-refractivity contribution in [3.05, 3.63) is 0 Å². The SMILES string of the molecule is NC1(CCF)CC1. The molecule has 1 nitrogen and oxygen atoms in total. The molecule has 42 valence electrons. The van der Waals surface area contributed by atoms with Gasteiger partial charge in [0, 0.05) is 5.54 Å². The van der Waals surface area contributed by atoms with E-state index in [0.29, 0.717) is 6.42 Å². The van der Waals surface area contributed by atoms with Crippen molar-refractivity contribution in [3.63, 3.8) is 0 Å². The highest BCUT2D eigenvalue weighted by atomic mass is 19.1. The van der Waals surface area contributed by atoms with Gasteiger partial charge in [0.1, 0.15) is 0 Å². The van der Waals surface area contributed by atoms with E-state index in [2.05, 4.69) is 0 Å². The van der Waals surface area contributed by atoms with E-state index in [4.69, 9.17) is 5.73 Å². The van der Waals surface area contributed by atoms with Gasteiger partial charge in [-0.25, -0.2) is 0 Å². The van der Waals surface area contributed by atoms with Crippen molar-refractivity contribution in [1.29, 1.82) is 0 Å². The first kappa shape index (κ1) is 5.04. The van der Waals surface area contributed by atoms with Gasteiger partial charge in [-0.3, -0.25) is 4.39 Å². The molecule has 0 bridgehead atoms. The Morgan fingerprint density at radius 2 is 2.14 bits per heavy atom. The van der Waals surface area contributed by atoms with Gasteiger partial charge < -0.3 is 5.73 Å². The number of hydrogen-bond donors (Lipinski definition) is 1. The maximum Gasteiger partial charge on any atom is 0.0911 e. The number of hydrogen-bond acceptors (Lipinski definition) is 1. The maximum absolute atomic E-state index is 11.4. The molecule has 0 amide bonds. The second-order valence-electron chi connectivity index (χ2n) is 2.30.